The lowest BCUT2D eigenvalue weighted by molar-refractivity contribution is -0.140. The SMILES string of the molecule is COC(=O)CN1C(=S)N(c2ccc(Cl)cc2)C(=O)/C1=C/c1cc(OC)c(OCc2ccc(C)cc2)cc1Br. The molecule has 10 heteroatoms. The molecule has 1 aliphatic heterocycles. The number of hydrogen-bond donors (Lipinski definition) is 0. The van der Waals surface area contributed by atoms with Gasteiger partial charge in [-0.15, -0.1) is 0 Å². The third kappa shape index (κ3) is 6.01. The molecule has 0 bridgehead atoms. The third-order valence-electron chi connectivity index (χ3n) is 5.83. The Hall–Kier alpha value is -3.40. The molecule has 0 radical (unpaired) electrons. The van der Waals surface area contributed by atoms with Crippen molar-refractivity contribution >= 4 is 68.5 Å². The molecule has 1 saturated heterocycles. The van der Waals surface area contributed by atoms with Gasteiger partial charge >= 0.3 is 5.97 Å². The Labute approximate surface area is 239 Å². The fraction of sp³-hybridized carbons (Fsp3) is 0.179. The minimum Gasteiger partial charge on any atom is -0.493 e. The van der Waals surface area contributed by atoms with Crippen molar-refractivity contribution in [2.45, 2.75) is 13.5 Å². The largest absolute Gasteiger partial charge is 0.493 e. The van der Waals surface area contributed by atoms with Crippen molar-refractivity contribution in [1.29, 1.82) is 0 Å². The molecule has 0 spiro atoms. The molecule has 1 heterocycles. The molecule has 196 valence electrons. The Balaban J connectivity index is 1.69. The number of hydrogen-bond acceptors (Lipinski definition) is 6. The van der Waals surface area contributed by atoms with Crippen LogP contribution in [-0.2, 0) is 20.9 Å². The van der Waals surface area contributed by atoms with Crippen molar-refractivity contribution < 1.29 is 23.8 Å². The molecule has 0 aromatic heterocycles. The number of carbonyl (C=O) groups is 2. The number of halogens is 2. The van der Waals surface area contributed by atoms with E-state index in [1.807, 2.05) is 31.2 Å². The van der Waals surface area contributed by atoms with Crippen LogP contribution in [0.5, 0.6) is 11.5 Å². The summed E-state index contributed by atoms with van der Waals surface area (Å²) in [7, 11) is 2.82. The van der Waals surface area contributed by atoms with Gasteiger partial charge < -0.3 is 19.1 Å². The molecular formula is C28H24BrClN2O5S. The van der Waals surface area contributed by atoms with Crippen molar-refractivity contribution in [3.8, 4) is 11.5 Å². The molecule has 0 N–H and O–H groups in total. The van der Waals surface area contributed by atoms with Gasteiger partial charge in [0.1, 0.15) is 18.8 Å². The minimum absolute atomic E-state index is 0.148. The molecule has 7 nitrogen and oxygen atoms in total. The predicted molar refractivity (Wildman–Crippen MR) is 154 cm³/mol. The van der Waals surface area contributed by atoms with Gasteiger partial charge in [-0.25, -0.2) is 0 Å². The highest BCUT2D eigenvalue weighted by Gasteiger charge is 2.40. The fourth-order valence-corrected chi connectivity index (χ4v) is 4.69. The summed E-state index contributed by atoms with van der Waals surface area (Å²) in [6, 6.07) is 18.3. The number of anilines is 1. The summed E-state index contributed by atoms with van der Waals surface area (Å²) in [4.78, 5) is 28.6. The van der Waals surface area contributed by atoms with Gasteiger partial charge in [0.2, 0.25) is 0 Å². The molecule has 4 rings (SSSR count). The van der Waals surface area contributed by atoms with Crippen LogP contribution in [0.4, 0.5) is 5.69 Å². The van der Waals surface area contributed by atoms with Crippen LogP contribution >= 0.6 is 39.7 Å². The van der Waals surface area contributed by atoms with Crippen LogP contribution in [0, 0.1) is 6.92 Å². The Bertz CT molecular complexity index is 1410. The number of esters is 1. The first-order chi connectivity index (χ1) is 18.2. The van der Waals surface area contributed by atoms with E-state index in [0.717, 1.165) is 5.56 Å². The van der Waals surface area contributed by atoms with E-state index in [1.165, 1.54) is 22.5 Å². The number of amides is 1. The second-order valence-electron chi connectivity index (χ2n) is 8.39. The van der Waals surface area contributed by atoms with Crippen molar-refractivity contribution in [3.05, 3.63) is 92.5 Å². The van der Waals surface area contributed by atoms with Crippen molar-refractivity contribution in [2.24, 2.45) is 0 Å². The number of rotatable bonds is 8. The summed E-state index contributed by atoms with van der Waals surface area (Å²) >= 11 is 15.2. The van der Waals surface area contributed by atoms with Crippen LogP contribution in [0.1, 0.15) is 16.7 Å². The lowest BCUT2D eigenvalue weighted by Crippen LogP contribution is -2.35. The third-order valence-corrected chi connectivity index (χ3v) is 7.17. The maximum atomic E-state index is 13.6. The Morgan fingerprint density at radius 1 is 1.05 bits per heavy atom. The van der Waals surface area contributed by atoms with E-state index in [0.29, 0.717) is 38.9 Å². The van der Waals surface area contributed by atoms with E-state index in [-0.39, 0.29) is 17.4 Å². The molecule has 3 aromatic rings. The first kappa shape index (κ1) is 27.6. The normalized spacial score (nSPS) is 14.3. The van der Waals surface area contributed by atoms with E-state index < -0.39 is 11.9 Å². The number of nitrogens with zero attached hydrogens (tertiary/aromatic N) is 2. The molecule has 38 heavy (non-hydrogen) atoms. The second kappa shape index (κ2) is 12.0. The minimum atomic E-state index is -0.541. The lowest BCUT2D eigenvalue weighted by atomic mass is 10.1. The Morgan fingerprint density at radius 2 is 1.74 bits per heavy atom. The fourth-order valence-electron chi connectivity index (χ4n) is 3.77. The Kier molecular flexibility index (Phi) is 8.71. The van der Waals surface area contributed by atoms with Crippen LogP contribution < -0.4 is 14.4 Å². The molecule has 1 fully saturated rings. The number of carbonyl (C=O) groups excluding carboxylic acids is 2. The number of methoxy groups -OCH3 is 2. The van der Waals surface area contributed by atoms with E-state index in [1.54, 1.807) is 49.6 Å². The van der Waals surface area contributed by atoms with Gasteiger partial charge in [0.15, 0.2) is 16.6 Å². The molecule has 0 unspecified atom stereocenters. The highest BCUT2D eigenvalue weighted by Crippen LogP contribution is 2.37. The Morgan fingerprint density at radius 3 is 2.37 bits per heavy atom. The van der Waals surface area contributed by atoms with Gasteiger partial charge in [-0.3, -0.25) is 14.5 Å². The lowest BCUT2D eigenvalue weighted by Gasteiger charge is -2.19. The van der Waals surface area contributed by atoms with Crippen LogP contribution in [0.2, 0.25) is 5.02 Å². The average molecular weight is 616 g/mol. The standard InChI is InChI=1S/C28H24BrClN2O5S/c1-17-4-6-18(7-5-17)16-37-25-14-22(29)19(13-24(25)35-2)12-23-27(34)32(21-10-8-20(30)9-11-21)28(38)31(23)15-26(33)36-3/h4-14H,15-16H2,1-3H3/b23-12-. The molecule has 3 aromatic carbocycles. The topological polar surface area (TPSA) is 68.3 Å². The first-order valence-electron chi connectivity index (χ1n) is 11.5. The summed E-state index contributed by atoms with van der Waals surface area (Å²) in [5.41, 5.74) is 3.54. The van der Waals surface area contributed by atoms with Gasteiger partial charge in [-0.2, -0.15) is 0 Å². The molecule has 0 atom stereocenters. The van der Waals surface area contributed by atoms with E-state index in [2.05, 4.69) is 15.9 Å². The number of benzene rings is 3. The van der Waals surface area contributed by atoms with Gasteiger partial charge in [0.05, 0.1) is 19.9 Å². The molecule has 1 amide bonds. The van der Waals surface area contributed by atoms with E-state index >= 15 is 0 Å². The number of ether oxygens (including phenoxy) is 3. The summed E-state index contributed by atoms with van der Waals surface area (Å²) in [6.07, 6.45) is 1.64. The molecular weight excluding hydrogens is 592 g/mol. The molecule has 0 aliphatic carbocycles. The monoisotopic (exact) mass is 614 g/mol. The maximum absolute atomic E-state index is 13.6. The van der Waals surface area contributed by atoms with E-state index in [9.17, 15) is 9.59 Å². The van der Waals surface area contributed by atoms with Crippen LogP contribution in [-0.4, -0.2) is 42.7 Å². The summed E-state index contributed by atoms with van der Waals surface area (Å²) in [5.74, 6) is 0.0751. The van der Waals surface area contributed by atoms with Gasteiger partial charge in [0.25, 0.3) is 5.91 Å². The second-order valence-corrected chi connectivity index (χ2v) is 10.0. The van der Waals surface area contributed by atoms with Gasteiger partial charge in [0, 0.05) is 9.50 Å². The van der Waals surface area contributed by atoms with Crippen LogP contribution in [0.25, 0.3) is 6.08 Å². The van der Waals surface area contributed by atoms with Crippen LogP contribution in [0.15, 0.2) is 70.8 Å². The average Bonchev–Trinajstić information content (AvgIpc) is 3.13. The van der Waals surface area contributed by atoms with Crippen molar-refractivity contribution in [2.75, 3.05) is 25.7 Å². The molecule has 1 aliphatic rings. The van der Waals surface area contributed by atoms with Crippen molar-refractivity contribution in [3.63, 3.8) is 0 Å². The quantitative estimate of drug-likeness (QED) is 0.171. The highest BCUT2D eigenvalue weighted by molar-refractivity contribution is 9.10. The predicted octanol–water partition coefficient (Wildman–Crippen LogP) is 6.15. The zero-order valence-corrected chi connectivity index (χ0v) is 24.0. The summed E-state index contributed by atoms with van der Waals surface area (Å²) < 4.78 is 17.1. The first-order valence-corrected chi connectivity index (χ1v) is 13.1. The highest BCUT2D eigenvalue weighted by atomic mass is 79.9. The van der Waals surface area contributed by atoms with Crippen molar-refractivity contribution in [1.82, 2.24) is 4.90 Å². The van der Waals surface area contributed by atoms with Gasteiger partial charge in [-0.05, 0) is 72.7 Å². The van der Waals surface area contributed by atoms with Crippen LogP contribution in [0.3, 0.4) is 0 Å². The zero-order valence-electron chi connectivity index (χ0n) is 20.9. The maximum Gasteiger partial charge on any atom is 0.325 e. The smallest absolute Gasteiger partial charge is 0.325 e. The molecule has 0 saturated carbocycles. The zero-order chi connectivity index (χ0) is 27.4. The summed E-state index contributed by atoms with van der Waals surface area (Å²) in [6.45, 7) is 2.16. The number of aryl methyl sites for hydroxylation is 1. The van der Waals surface area contributed by atoms with E-state index in [4.69, 9.17) is 38.0 Å². The number of thiocarbonyl (C=S) groups is 1. The van der Waals surface area contributed by atoms with Gasteiger partial charge in [-0.1, -0.05) is 57.4 Å². The summed E-state index contributed by atoms with van der Waals surface area (Å²) in [5, 5.41) is 0.671.